The molecule has 0 aromatic heterocycles. The summed E-state index contributed by atoms with van der Waals surface area (Å²) in [5, 5.41) is 0. The Morgan fingerprint density at radius 1 is 0.696 bits per heavy atom. The van der Waals surface area contributed by atoms with E-state index in [2.05, 4.69) is 74.5 Å². The van der Waals surface area contributed by atoms with E-state index < -0.39 is 0 Å². The van der Waals surface area contributed by atoms with Crippen LogP contribution in [0.15, 0.2) is 84.3 Å². The summed E-state index contributed by atoms with van der Waals surface area (Å²) < 4.78 is 5.61. The van der Waals surface area contributed by atoms with Gasteiger partial charge in [0.15, 0.2) is 0 Å². The van der Waals surface area contributed by atoms with Crippen LogP contribution >= 0.6 is 0 Å². The second-order valence-corrected chi connectivity index (χ2v) is 6.04. The number of allylic oxidation sites excluding steroid dienone is 2. The van der Waals surface area contributed by atoms with E-state index in [1.165, 1.54) is 22.3 Å². The summed E-state index contributed by atoms with van der Waals surface area (Å²) in [5.74, 6) is 0. The van der Waals surface area contributed by atoms with E-state index in [0.29, 0.717) is 0 Å². The molecule has 0 aliphatic carbocycles. The lowest BCUT2D eigenvalue weighted by molar-refractivity contribution is 0.389. The molecule has 0 unspecified atom stereocenters. The molecular formula is C22H26O. The standard InChI is InChI=1S/C22H26O/c1-19(13-15-21-9-5-3-6-10-21)17-23-18-20(2)14-16-22-11-7-4-8-12-22/h3-12,17-18H,13-16H2,1-2H3/b19-17+,20-18+. The molecule has 0 amide bonds. The van der Waals surface area contributed by atoms with Gasteiger partial charge in [-0.15, -0.1) is 0 Å². The van der Waals surface area contributed by atoms with E-state index in [-0.39, 0.29) is 0 Å². The highest BCUT2D eigenvalue weighted by atomic mass is 16.5. The molecule has 1 nitrogen and oxygen atoms in total. The Morgan fingerprint density at radius 3 is 1.48 bits per heavy atom. The third-order valence-corrected chi connectivity index (χ3v) is 3.84. The van der Waals surface area contributed by atoms with E-state index in [0.717, 1.165) is 25.7 Å². The average Bonchev–Trinajstić information content (AvgIpc) is 2.60. The first-order valence-electron chi connectivity index (χ1n) is 8.28. The second kappa shape index (κ2) is 9.68. The third-order valence-electron chi connectivity index (χ3n) is 3.84. The summed E-state index contributed by atoms with van der Waals surface area (Å²) in [6, 6.07) is 21.1. The van der Waals surface area contributed by atoms with Crippen molar-refractivity contribution in [2.75, 3.05) is 0 Å². The molecule has 0 saturated heterocycles. The van der Waals surface area contributed by atoms with Crippen molar-refractivity contribution in [3.63, 3.8) is 0 Å². The van der Waals surface area contributed by atoms with E-state index in [1.807, 2.05) is 12.5 Å². The molecule has 2 rings (SSSR count). The summed E-state index contributed by atoms with van der Waals surface area (Å²) in [5.41, 5.74) is 5.27. The lowest BCUT2D eigenvalue weighted by Crippen LogP contribution is -1.88. The van der Waals surface area contributed by atoms with Crippen LogP contribution in [0.4, 0.5) is 0 Å². The molecule has 0 aliphatic heterocycles. The molecule has 2 aromatic rings. The lowest BCUT2D eigenvalue weighted by atomic mass is 10.1. The molecule has 0 radical (unpaired) electrons. The number of hydrogen-bond acceptors (Lipinski definition) is 1. The number of benzene rings is 2. The Kier molecular flexibility index (Phi) is 7.19. The summed E-state index contributed by atoms with van der Waals surface area (Å²) in [7, 11) is 0. The maximum atomic E-state index is 5.61. The summed E-state index contributed by atoms with van der Waals surface area (Å²) in [6.07, 6.45) is 7.91. The molecule has 0 saturated carbocycles. The predicted molar refractivity (Wildman–Crippen MR) is 98.1 cm³/mol. The normalized spacial score (nSPS) is 12.3. The van der Waals surface area contributed by atoms with Gasteiger partial charge in [-0.25, -0.2) is 0 Å². The Bertz CT molecular complexity index is 566. The molecule has 0 N–H and O–H groups in total. The third kappa shape index (κ3) is 7.01. The first-order chi connectivity index (χ1) is 11.2. The van der Waals surface area contributed by atoms with Crippen molar-refractivity contribution in [1.82, 2.24) is 0 Å². The van der Waals surface area contributed by atoms with Crippen molar-refractivity contribution in [2.24, 2.45) is 0 Å². The average molecular weight is 306 g/mol. The van der Waals surface area contributed by atoms with Gasteiger partial charge in [0, 0.05) is 0 Å². The van der Waals surface area contributed by atoms with Crippen molar-refractivity contribution in [3.8, 4) is 0 Å². The molecule has 0 bridgehead atoms. The van der Waals surface area contributed by atoms with Crippen molar-refractivity contribution >= 4 is 0 Å². The molecule has 2 aromatic carbocycles. The fourth-order valence-electron chi connectivity index (χ4n) is 2.36. The highest BCUT2D eigenvalue weighted by molar-refractivity contribution is 5.17. The Balaban J connectivity index is 1.71. The summed E-state index contributed by atoms with van der Waals surface area (Å²) in [4.78, 5) is 0. The van der Waals surface area contributed by atoms with E-state index in [9.17, 15) is 0 Å². The van der Waals surface area contributed by atoms with Crippen molar-refractivity contribution in [1.29, 1.82) is 0 Å². The highest BCUT2D eigenvalue weighted by Crippen LogP contribution is 2.11. The van der Waals surface area contributed by atoms with Crippen LogP contribution < -0.4 is 0 Å². The number of rotatable bonds is 8. The minimum absolute atomic E-state index is 1.03. The van der Waals surface area contributed by atoms with E-state index in [4.69, 9.17) is 4.74 Å². The van der Waals surface area contributed by atoms with Crippen LogP contribution in [0.1, 0.15) is 37.8 Å². The molecule has 0 heterocycles. The quantitative estimate of drug-likeness (QED) is 0.537. The zero-order valence-corrected chi connectivity index (χ0v) is 14.2. The minimum Gasteiger partial charge on any atom is -0.473 e. The SMILES string of the molecule is C/C(=C\O/C=C(\C)CCc1ccccc1)CCc1ccccc1. The van der Waals surface area contributed by atoms with Gasteiger partial charge in [0.25, 0.3) is 0 Å². The van der Waals surface area contributed by atoms with Crippen LogP contribution in [-0.2, 0) is 17.6 Å². The Hall–Kier alpha value is -2.28. The van der Waals surface area contributed by atoms with Crippen LogP contribution in [0.2, 0.25) is 0 Å². The molecule has 23 heavy (non-hydrogen) atoms. The smallest absolute Gasteiger partial charge is 0.0890 e. The first kappa shape index (κ1) is 17.1. The van der Waals surface area contributed by atoms with Gasteiger partial charge in [-0.3, -0.25) is 0 Å². The Labute approximate surface area is 140 Å². The van der Waals surface area contributed by atoms with Gasteiger partial charge in [-0.1, -0.05) is 60.7 Å². The second-order valence-electron chi connectivity index (χ2n) is 6.04. The Morgan fingerprint density at radius 2 is 1.09 bits per heavy atom. The molecule has 120 valence electrons. The van der Waals surface area contributed by atoms with Crippen molar-refractivity contribution in [2.45, 2.75) is 39.5 Å². The fourth-order valence-corrected chi connectivity index (χ4v) is 2.36. The number of hydrogen-bond donors (Lipinski definition) is 0. The zero-order chi connectivity index (χ0) is 16.3. The fraction of sp³-hybridized carbons (Fsp3) is 0.273. The van der Waals surface area contributed by atoms with Crippen LogP contribution in [0.25, 0.3) is 0 Å². The highest BCUT2D eigenvalue weighted by Gasteiger charge is 1.96. The van der Waals surface area contributed by atoms with Gasteiger partial charge in [0.2, 0.25) is 0 Å². The van der Waals surface area contributed by atoms with Crippen molar-refractivity contribution < 1.29 is 4.74 Å². The van der Waals surface area contributed by atoms with Crippen LogP contribution in [0.3, 0.4) is 0 Å². The minimum atomic E-state index is 1.03. The largest absolute Gasteiger partial charge is 0.473 e. The number of ether oxygens (including phenoxy) is 1. The topological polar surface area (TPSA) is 9.23 Å². The van der Waals surface area contributed by atoms with Gasteiger partial charge >= 0.3 is 0 Å². The zero-order valence-electron chi connectivity index (χ0n) is 14.2. The molecule has 0 spiro atoms. The van der Waals surface area contributed by atoms with E-state index in [1.54, 1.807) is 0 Å². The van der Waals surface area contributed by atoms with Gasteiger partial charge in [0.05, 0.1) is 12.5 Å². The van der Waals surface area contributed by atoms with Crippen molar-refractivity contribution in [3.05, 3.63) is 95.5 Å². The first-order valence-corrected chi connectivity index (χ1v) is 8.28. The monoisotopic (exact) mass is 306 g/mol. The molecular weight excluding hydrogens is 280 g/mol. The maximum Gasteiger partial charge on any atom is 0.0890 e. The van der Waals surface area contributed by atoms with Gasteiger partial charge in [0.1, 0.15) is 0 Å². The van der Waals surface area contributed by atoms with Crippen LogP contribution in [0, 0.1) is 0 Å². The molecule has 1 heteroatoms. The van der Waals surface area contributed by atoms with Crippen LogP contribution in [0.5, 0.6) is 0 Å². The van der Waals surface area contributed by atoms with Gasteiger partial charge in [-0.05, 0) is 61.8 Å². The molecule has 0 aliphatic rings. The number of aryl methyl sites for hydroxylation is 2. The van der Waals surface area contributed by atoms with Gasteiger partial charge < -0.3 is 4.74 Å². The summed E-state index contributed by atoms with van der Waals surface area (Å²) in [6.45, 7) is 4.24. The molecule has 0 atom stereocenters. The predicted octanol–water partition coefficient (Wildman–Crippen LogP) is 6.08. The lowest BCUT2D eigenvalue weighted by Gasteiger charge is -2.04. The van der Waals surface area contributed by atoms with Crippen LogP contribution in [-0.4, -0.2) is 0 Å². The van der Waals surface area contributed by atoms with Gasteiger partial charge in [-0.2, -0.15) is 0 Å². The molecule has 0 fully saturated rings. The van der Waals surface area contributed by atoms with E-state index >= 15 is 0 Å². The maximum absolute atomic E-state index is 5.61. The summed E-state index contributed by atoms with van der Waals surface area (Å²) >= 11 is 0.